The zero-order valence-electron chi connectivity index (χ0n) is 13.5. The minimum atomic E-state index is -4.76. The van der Waals surface area contributed by atoms with Gasteiger partial charge in [-0.15, -0.1) is 0 Å². The van der Waals surface area contributed by atoms with Gasteiger partial charge in [-0.2, -0.15) is 13.2 Å². The summed E-state index contributed by atoms with van der Waals surface area (Å²) in [6.07, 6.45) is -3.21. The molecule has 0 saturated heterocycles. The van der Waals surface area contributed by atoms with Crippen molar-refractivity contribution < 1.29 is 37.0 Å². The second-order valence-electron chi connectivity index (χ2n) is 4.90. The molecular weight excluding hydrogens is 341 g/mol. The molecule has 0 aliphatic rings. The largest absolute Gasteiger partial charge is 0.461 e. The molecule has 8 heteroatoms. The molecule has 1 aromatic rings. The molecule has 0 aliphatic carbocycles. The highest BCUT2D eigenvalue weighted by Gasteiger charge is 2.35. The Morgan fingerprint density at radius 2 is 1.64 bits per heavy atom. The summed E-state index contributed by atoms with van der Waals surface area (Å²) in [6.45, 7) is 9.45. The van der Waals surface area contributed by atoms with Crippen molar-refractivity contribution in [2.24, 2.45) is 0 Å². The van der Waals surface area contributed by atoms with Crippen LogP contribution in [0.5, 0.6) is 11.5 Å². The van der Waals surface area contributed by atoms with Crippen molar-refractivity contribution in [3.05, 3.63) is 60.6 Å². The number of benzene rings is 1. The van der Waals surface area contributed by atoms with Crippen molar-refractivity contribution in [3.63, 3.8) is 0 Å². The topological polar surface area (TPSA) is 61.8 Å². The van der Waals surface area contributed by atoms with Crippen LogP contribution in [0, 0.1) is 0 Å². The van der Waals surface area contributed by atoms with Crippen molar-refractivity contribution in [2.45, 2.75) is 20.0 Å². The van der Waals surface area contributed by atoms with Gasteiger partial charge in [0.25, 0.3) is 0 Å². The van der Waals surface area contributed by atoms with Crippen molar-refractivity contribution in [1.82, 2.24) is 0 Å². The number of esters is 2. The highest BCUT2D eigenvalue weighted by Crippen LogP contribution is 2.38. The maximum atomic E-state index is 13.1. The third kappa shape index (κ3) is 6.17. The van der Waals surface area contributed by atoms with Crippen LogP contribution in [0.3, 0.4) is 0 Å². The Bertz CT molecular complexity index is 732. The molecule has 0 N–H and O–H groups in total. The van der Waals surface area contributed by atoms with Gasteiger partial charge in [0.05, 0.1) is 0 Å². The number of carbonyl (C=O) groups excluding carboxylic acids is 2. The minimum absolute atomic E-state index is 0.0381. The van der Waals surface area contributed by atoms with Gasteiger partial charge in [-0.3, -0.25) is 0 Å². The lowest BCUT2D eigenvalue weighted by atomic mass is 10.2. The molecule has 0 spiro atoms. The summed E-state index contributed by atoms with van der Waals surface area (Å²) in [5.41, 5.74) is -1.02. The average Bonchev–Trinajstić information content (AvgIpc) is 2.50. The molecule has 1 rings (SSSR count). The summed E-state index contributed by atoms with van der Waals surface area (Å²) < 4.78 is 53.5. The summed E-state index contributed by atoms with van der Waals surface area (Å²) >= 11 is 0. The van der Waals surface area contributed by atoms with E-state index in [0.29, 0.717) is 6.07 Å². The van der Waals surface area contributed by atoms with Gasteiger partial charge in [0.2, 0.25) is 0 Å². The van der Waals surface area contributed by atoms with Crippen LogP contribution >= 0.6 is 0 Å². The second-order valence-corrected chi connectivity index (χ2v) is 4.90. The SMILES string of the molecule is C=C(C)C(=O)O/C=C\Oc1ccc(OC(=O)C(=C)C)cc1C(F)(F)F. The molecule has 0 heterocycles. The van der Waals surface area contributed by atoms with Crippen molar-refractivity contribution in [3.8, 4) is 11.5 Å². The van der Waals surface area contributed by atoms with Crippen molar-refractivity contribution in [2.75, 3.05) is 0 Å². The third-order valence-corrected chi connectivity index (χ3v) is 2.59. The Labute approximate surface area is 142 Å². The Morgan fingerprint density at radius 3 is 2.16 bits per heavy atom. The minimum Gasteiger partial charge on any atom is -0.461 e. The molecule has 0 unspecified atom stereocenters. The van der Waals surface area contributed by atoms with E-state index in [1.165, 1.54) is 13.8 Å². The summed E-state index contributed by atoms with van der Waals surface area (Å²) in [7, 11) is 0. The van der Waals surface area contributed by atoms with Gasteiger partial charge < -0.3 is 14.2 Å². The lowest BCUT2D eigenvalue weighted by molar-refractivity contribution is -0.139. The van der Waals surface area contributed by atoms with Crippen LogP contribution in [-0.4, -0.2) is 11.9 Å². The first-order valence-electron chi connectivity index (χ1n) is 6.79. The standard InChI is InChI=1S/C17H15F3O5/c1-10(2)15(21)24-8-7-23-14-6-5-12(25-16(22)11(3)4)9-13(14)17(18,19)20/h5-9H,1,3H2,2,4H3/b8-7-. The van der Waals surface area contributed by atoms with Gasteiger partial charge >= 0.3 is 18.1 Å². The molecular formula is C17H15F3O5. The number of hydrogen-bond donors (Lipinski definition) is 0. The van der Waals surface area contributed by atoms with E-state index in [9.17, 15) is 22.8 Å². The number of carbonyl (C=O) groups is 2. The zero-order valence-corrected chi connectivity index (χ0v) is 13.5. The van der Waals surface area contributed by atoms with Gasteiger partial charge in [-0.25, -0.2) is 9.59 Å². The first-order valence-corrected chi connectivity index (χ1v) is 6.79. The van der Waals surface area contributed by atoms with Crippen LogP contribution in [0.1, 0.15) is 19.4 Å². The summed E-state index contributed by atoms with van der Waals surface area (Å²) in [4.78, 5) is 22.5. The number of rotatable bonds is 6. The molecule has 5 nitrogen and oxygen atoms in total. The van der Waals surface area contributed by atoms with Crippen molar-refractivity contribution >= 4 is 11.9 Å². The van der Waals surface area contributed by atoms with Gasteiger partial charge in [0.15, 0.2) is 0 Å². The Kier molecular flexibility index (Phi) is 6.55. The number of halogens is 3. The second kappa shape index (κ2) is 8.18. The molecule has 0 fully saturated rings. The lowest BCUT2D eigenvalue weighted by Gasteiger charge is -2.13. The molecule has 0 radical (unpaired) electrons. The van der Waals surface area contributed by atoms with Crippen LogP contribution < -0.4 is 9.47 Å². The third-order valence-electron chi connectivity index (χ3n) is 2.59. The van der Waals surface area contributed by atoms with E-state index >= 15 is 0 Å². The maximum absolute atomic E-state index is 13.1. The monoisotopic (exact) mass is 356 g/mol. The van der Waals surface area contributed by atoms with E-state index in [4.69, 9.17) is 9.47 Å². The number of alkyl halides is 3. The normalized spacial score (nSPS) is 11.1. The highest BCUT2D eigenvalue weighted by molar-refractivity contribution is 5.88. The molecule has 0 amide bonds. The summed E-state index contributed by atoms with van der Waals surface area (Å²) in [5.74, 6) is -2.48. The van der Waals surface area contributed by atoms with Gasteiger partial charge in [-0.1, -0.05) is 13.2 Å². The predicted molar refractivity (Wildman–Crippen MR) is 82.6 cm³/mol. The summed E-state index contributed by atoms with van der Waals surface area (Å²) in [5, 5.41) is 0. The zero-order chi connectivity index (χ0) is 19.2. The number of ether oxygens (including phenoxy) is 3. The molecule has 0 atom stereocenters. The van der Waals surface area contributed by atoms with E-state index in [0.717, 1.165) is 24.7 Å². The molecule has 134 valence electrons. The number of hydrogen-bond acceptors (Lipinski definition) is 5. The van der Waals surface area contributed by atoms with Gasteiger partial charge in [0.1, 0.15) is 29.6 Å². The molecule has 0 aliphatic heterocycles. The Balaban J connectivity index is 2.97. The first kappa shape index (κ1) is 20.0. The quantitative estimate of drug-likeness (QED) is 0.332. The Hall–Kier alpha value is -3.03. The average molecular weight is 356 g/mol. The molecule has 25 heavy (non-hydrogen) atoms. The van der Waals surface area contributed by atoms with E-state index in [1.807, 2.05) is 0 Å². The van der Waals surface area contributed by atoms with Crippen molar-refractivity contribution in [1.29, 1.82) is 0 Å². The van der Waals surface area contributed by atoms with Crippen LogP contribution in [0.15, 0.2) is 55.0 Å². The van der Waals surface area contributed by atoms with E-state index < -0.39 is 29.4 Å². The maximum Gasteiger partial charge on any atom is 0.420 e. The van der Waals surface area contributed by atoms with Crippen LogP contribution in [-0.2, 0) is 20.5 Å². The smallest absolute Gasteiger partial charge is 0.420 e. The van der Waals surface area contributed by atoms with E-state index in [-0.39, 0.29) is 16.9 Å². The molecule has 1 aromatic carbocycles. The molecule has 0 aromatic heterocycles. The fourth-order valence-corrected chi connectivity index (χ4v) is 1.38. The first-order chi connectivity index (χ1) is 11.5. The Morgan fingerprint density at radius 1 is 1.04 bits per heavy atom. The molecule has 0 saturated carbocycles. The van der Waals surface area contributed by atoms with Crippen LogP contribution in [0.25, 0.3) is 0 Å². The van der Waals surface area contributed by atoms with Crippen LogP contribution in [0.4, 0.5) is 13.2 Å². The van der Waals surface area contributed by atoms with Gasteiger partial charge in [0, 0.05) is 11.1 Å². The fraction of sp³-hybridized carbons (Fsp3) is 0.176. The van der Waals surface area contributed by atoms with E-state index in [2.05, 4.69) is 17.9 Å². The lowest BCUT2D eigenvalue weighted by Crippen LogP contribution is -2.11. The predicted octanol–water partition coefficient (Wildman–Crippen LogP) is 4.16. The summed E-state index contributed by atoms with van der Waals surface area (Å²) in [6, 6.07) is 2.71. The van der Waals surface area contributed by atoms with E-state index in [1.54, 1.807) is 0 Å². The van der Waals surface area contributed by atoms with Gasteiger partial charge in [-0.05, 0) is 32.0 Å². The fourth-order valence-electron chi connectivity index (χ4n) is 1.38. The van der Waals surface area contributed by atoms with Crippen LogP contribution in [0.2, 0.25) is 0 Å². The molecule has 0 bridgehead atoms. The highest BCUT2D eigenvalue weighted by atomic mass is 19.4.